The van der Waals surface area contributed by atoms with Crippen LogP contribution in [-0.2, 0) is 10.2 Å². The molecule has 108 valence electrons. The first-order chi connectivity index (χ1) is 8.26. The highest BCUT2D eigenvalue weighted by atomic mass is 32.2. The van der Waals surface area contributed by atoms with Gasteiger partial charge in [0.15, 0.2) is 0 Å². The van der Waals surface area contributed by atoms with Crippen LogP contribution >= 0.6 is 0 Å². The molecule has 0 amide bonds. The van der Waals surface area contributed by atoms with Crippen molar-refractivity contribution in [3.63, 3.8) is 0 Å². The lowest BCUT2D eigenvalue weighted by atomic mass is 9.94. The van der Waals surface area contributed by atoms with E-state index in [2.05, 4.69) is 18.6 Å². The van der Waals surface area contributed by atoms with Gasteiger partial charge in [0.1, 0.15) is 0 Å². The smallest absolute Gasteiger partial charge is 0.279 e. The van der Waals surface area contributed by atoms with Crippen LogP contribution in [0.2, 0.25) is 0 Å². The number of rotatable bonds is 5. The van der Waals surface area contributed by atoms with Gasteiger partial charge in [-0.3, -0.25) is 0 Å². The predicted octanol–water partition coefficient (Wildman–Crippen LogP) is 0.816. The van der Waals surface area contributed by atoms with Gasteiger partial charge in [-0.1, -0.05) is 20.8 Å². The lowest BCUT2D eigenvalue weighted by molar-refractivity contribution is 0.205. The summed E-state index contributed by atoms with van der Waals surface area (Å²) < 4.78 is 28.7. The van der Waals surface area contributed by atoms with Crippen LogP contribution in [0.1, 0.15) is 34.1 Å². The Balaban J connectivity index is 2.68. The Hall–Kier alpha value is -0.170. The molecule has 1 fully saturated rings. The molecule has 18 heavy (non-hydrogen) atoms. The topological polar surface area (TPSA) is 69.6 Å². The van der Waals surface area contributed by atoms with Crippen molar-refractivity contribution in [1.29, 1.82) is 0 Å². The molecule has 0 aromatic heterocycles. The third-order valence-corrected chi connectivity index (χ3v) is 5.30. The third kappa shape index (κ3) is 4.19. The van der Waals surface area contributed by atoms with Crippen molar-refractivity contribution in [3.05, 3.63) is 0 Å². The molecular weight excluding hydrogens is 252 g/mol. The van der Waals surface area contributed by atoms with Gasteiger partial charge in [0.2, 0.25) is 0 Å². The fourth-order valence-corrected chi connectivity index (χ4v) is 4.14. The molecular formula is C12H26N2O3S. The first-order valence-corrected chi connectivity index (χ1v) is 8.08. The molecule has 0 radical (unpaired) electrons. The largest absolute Gasteiger partial charge is 0.396 e. The molecule has 0 spiro atoms. The molecule has 5 nitrogen and oxygen atoms in total. The lowest BCUT2D eigenvalue weighted by Crippen LogP contribution is -2.51. The SMILES string of the molecule is CC1CC(C)CN(S(=O)(=O)NC(C)C(C)CO)C1. The third-order valence-electron chi connectivity index (χ3n) is 3.65. The van der Waals surface area contributed by atoms with Crippen molar-refractivity contribution in [2.45, 2.75) is 40.2 Å². The van der Waals surface area contributed by atoms with E-state index in [-0.39, 0.29) is 18.6 Å². The van der Waals surface area contributed by atoms with Crippen LogP contribution in [0.5, 0.6) is 0 Å². The molecule has 1 aliphatic rings. The number of hydrogen-bond acceptors (Lipinski definition) is 3. The Morgan fingerprint density at radius 3 is 2.22 bits per heavy atom. The van der Waals surface area contributed by atoms with Crippen molar-refractivity contribution in [1.82, 2.24) is 9.03 Å². The van der Waals surface area contributed by atoms with Crippen molar-refractivity contribution in [3.8, 4) is 0 Å². The van der Waals surface area contributed by atoms with Crippen LogP contribution in [0.25, 0.3) is 0 Å². The van der Waals surface area contributed by atoms with Gasteiger partial charge in [-0.05, 0) is 31.1 Å². The van der Waals surface area contributed by atoms with Gasteiger partial charge in [-0.2, -0.15) is 17.4 Å². The maximum Gasteiger partial charge on any atom is 0.279 e. The Morgan fingerprint density at radius 2 is 1.78 bits per heavy atom. The van der Waals surface area contributed by atoms with Gasteiger partial charge < -0.3 is 5.11 Å². The Morgan fingerprint density at radius 1 is 1.28 bits per heavy atom. The normalized spacial score (nSPS) is 30.1. The molecule has 1 saturated heterocycles. The fourth-order valence-electron chi connectivity index (χ4n) is 2.39. The number of hydrogen-bond donors (Lipinski definition) is 2. The van der Waals surface area contributed by atoms with E-state index in [1.54, 1.807) is 6.92 Å². The zero-order valence-electron chi connectivity index (χ0n) is 11.8. The average molecular weight is 278 g/mol. The van der Waals surface area contributed by atoms with Crippen LogP contribution in [0, 0.1) is 17.8 Å². The Kier molecular flexibility index (Phi) is 5.58. The zero-order valence-corrected chi connectivity index (χ0v) is 12.6. The van der Waals surface area contributed by atoms with Crippen LogP contribution < -0.4 is 4.72 Å². The maximum atomic E-state index is 12.2. The summed E-state index contributed by atoms with van der Waals surface area (Å²) in [6.45, 7) is 8.93. The second-order valence-corrected chi connectivity index (χ2v) is 7.54. The molecule has 0 bridgehead atoms. The summed E-state index contributed by atoms with van der Waals surface area (Å²) in [5, 5.41) is 9.05. The van der Waals surface area contributed by atoms with Gasteiger partial charge in [0.05, 0.1) is 0 Å². The molecule has 0 aliphatic carbocycles. The summed E-state index contributed by atoms with van der Waals surface area (Å²) in [6, 6.07) is -0.257. The van der Waals surface area contributed by atoms with Crippen molar-refractivity contribution < 1.29 is 13.5 Å². The standard InChI is InChI=1S/C12H26N2O3S/c1-9-5-10(2)7-14(6-9)18(16,17)13-12(4)11(3)8-15/h9-13,15H,5-8H2,1-4H3. The van der Waals surface area contributed by atoms with E-state index in [0.717, 1.165) is 6.42 Å². The minimum absolute atomic E-state index is 0.0174. The van der Waals surface area contributed by atoms with Gasteiger partial charge in [0, 0.05) is 25.7 Å². The van der Waals surface area contributed by atoms with E-state index in [9.17, 15) is 8.42 Å². The summed E-state index contributed by atoms with van der Waals surface area (Å²) in [7, 11) is -3.43. The highest BCUT2D eigenvalue weighted by molar-refractivity contribution is 7.87. The number of aliphatic hydroxyl groups is 1. The second-order valence-electron chi connectivity index (χ2n) is 5.83. The van der Waals surface area contributed by atoms with E-state index in [4.69, 9.17) is 5.11 Å². The number of nitrogens with zero attached hydrogens (tertiary/aromatic N) is 1. The molecule has 2 N–H and O–H groups in total. The van der Waals surface area contributed by atoms with Gasteiger partial charge in [-0.15, -0.1) is 0 Å². The first-order valence-electron chi connectivity index (χ1n) is 6.64. The summed E-state index contributed by atoms with van der Waals surface area (Å²) in [6.07, 6.45) is 1.08. The second kappa shape index (κ2) is 6.32. The van der Waals surface area contributed by atoms with Crippen LogP contribution in [0.3, 0.4) is 0 Å². The minimum Gasteiger partial charge on any atom is -0.396 e. The molecule has 0 saturated carbocycles. The first kappa shape index (κ1) is 15.9. The van der Waals surface area contributed by atoms with E-state index < -0.39 is 10.2 Å². The zero-order chi connectivity index (χ0) is 13.9. The highest BCUT2D eigenvalue weighted by Crippen LogP contribution is 2.23. The van der Waals surface area contributed by atoms with E-state index in [0.29, 0.717) is 24.9 Å². The fraction of sp³-hybridized carbons (Fsp3) is 1.00. The predicted molar refractivity (Wildman–Crippen MR) is 72.3 cm³/mol. The van der Waals surface area contributed by atoms with Crippen molar-refractivity contribution >= 4 is 10.2 Å². The number of aliphatic hydroxyl groups excluding tert-OH is 1. The lowest BCUT2D eigenvalue weighted by Gasteiger charge is -2.35. The summed E-state index contributed by atoms with van der Waals surface area (Å²) in [5.74, 6) is 0.714. The molecule has 0 aromatic rings. The molecule has 1 rings (SSSR count). The van der Waals surface area contributed by atoms with Gasteiger partial charge in [-0.25, -0.2) is 0 Å². The van der Waals surface area contributed by atoms with Crippen LogP contribution in [-0.4, -0.2) is 43.6 Å². The van der Waals surface area contributed by atoms with Gasteiger partial charge in [0.25, 0.3) is 10.2 Å². The van der Waals surface area contributed by atoms with Gasteiger partial charge >= 0.3 is 0 Å². The van der Waals surface area contributed by atoms with Crippen LogP contribution in [0.4, 0.5) is 0 Å². The summed E-state index contributed by atoms with van der Waals surface area (Å²) >= 11 is 0. The Labute approximate surface area is 111 Å². The monoisotopic (exact) mass is 278 g/mol. The summed E-state index contributed by atoms with van der Waals surface area (Å²) in [4.78, 5) is 0. The number of piperidine rings is 1. The maximum absolute atomic E-state index is 12.2. The van der Waals surface area contributed by atoms with Crippen LogP contribution in [0.15, 0.2) is 0 Å². The minimum atomic E-state index is -3.43. The summed E-state index contributed by atoms with van der Waals surface area (Å²) in [5.41, 5.74) is 0. The average Bonchev–Trinajstić information content (AvgIpc) is 2.26. The molecule has 1 heterocycles. The number of nitrogens with one attached hydrogen (secondary N) is 1. The van der Waals surface area contributed by atoms with E-state index in [1.165, 1.54) is 4.31 Å². The molecule has 1 aliphatic heterocycles. The quantitative estimate of drug-likeness (QED) is 0.782. The van der Waals surface area contributed by atoms with E-state index in [1.807, 2.05) is 6.92 Å². The van der Waals surface area contributed by atoms with Crippen molar-refractivity contribution in [2.24, 2.45) is 17.8 Å². The molecule has 0 aromatic carbocycles. The highest BCUT2D eigenvalue weighted by Gasteiger charge is 2.31. The Bertz CT molecular complexity index is 348. The molecule has 4 unspecified atom stereocenters. The molecule has 6 heteroatoms. The van der Waals surface area contributed by atoms with Crippen molar-refractivity contribution in [2.75, 3.05) is 19.7 Å². The molecule has 4 atom stereocenters. The van der Waals surface area contributed by atoms with E-state index >= 15 is 0 Å².